The summed E-state index contributed by atoms with van der Waals surface area (Å²) >= 11 is 0. The molecule has 0 aromatic heterocycles. The van der Waals surface area contributed by atoms with Crippen LogP contribution in [-0.4, -0.2) is 26.1 Å². The molecule has 0 spiro atoms. The van der Waals surface area contributed by atoms with Gasteiger partial charge in [-0.1, -0.05) is 60.7 Å². The predicted octanol–water partition coefficient (Wildman–Crippen LogP) is 4.41. The van der Waals surface area contributed by atoms with Crippen molar-refractivity contribution < 1.29 is 19.1 Å². The van der Waals surface area contributed by atoms with Gasteiger partial charge in [0, 0.05) is 5.69 Å². The smallest absolute Gasteiger partial charge is 0.339 e. The van der Waals surface area contributed by atoms with Crippen LogP contribution in [0.1, 0.15) is 17.2 Å². The minimum absolute atomic E-state index is 0.224. The second-order valence-electron chi connectivity index (χ2n) is 6.83. The van der Waals surface area contributed by atoms with Crippen LogP contribution in [0, 0.1) is 0 Å². The summed E-state index contributed by atoms with van der Waals surface area (Å²) in [6.45, 7) is 0. The number of carbonyl (C=O) groups excluding carboxylic acids is 2. The zero-order valence-corrected chi connectivity index (χ0v) is 16.7. The van der Waals surface area contributed by atoms with E-state index in [9.17, 15) is 9.59 Å². The van der Waals surface area contributed by atoms with E-state index in [4.69, 9.17) is 9.47 Å². The maximum atomic E-state index is 13.4. The summed E-state index contributed by atoms with van der Waals surface area (Å²) in [7, 11) is 2.92. The van der Waals surface area contributed by atoms with E-state index in [1.807, 2.05) is 84.9 Å². The molecule has 5 heteroatoms. The van der Waals surface area contributed by atoms with Gasteiger partial charge >= 0.3 is 5.97 Å². The fourth-order valence-corrected chi connectivity index (χ4v) is 3.72. The van der Waals surface area contributed by atoms with Gasteiger partial charge in [0.05, 0.1) is 31.4 Å². The van der Waals surface area contributed by atoms with Crippen LogP contribution in [-0.2, 0) is 14.3 Å². The molecule has 0 saturated carbocycles. The minimum Gasteiger partial charge on any atom is -0.497 e. The molecule has 1 heterocycles. The van der Waals surface area contributed by atoms with Gasteiger partial charge in [0.1, 0.15) is 5.75 Å². The van der Waals surface area contributed by atoms with Crippen LogP contribution in [0.4, 0.5) is 5.69 Å². The highest BCUT2D eigenvalue weighted by atomic mass is 16.5. The quantitative estimate of drug-likeness (QED) is 0.362. The third-order valence-electron chi connectivity index (χ3n) is 5.17. The number of ether oxygens (including phenoxy) is 2. The molecule has 0 bridgehead atoms. The lowest BCUT2D eigenvalue weighted by molar-refractivity contribution is -0.134. The van der Waals surface area contributed by atoms with Crippen molar-refractivity contribution in [3.05, 3.63) is 102 Å². The summed E-state index contributed by atoms with van der Waals surface area (Å²) in [5, 5.41) is 0. The molecule has 5 nitrogen and oxygen atoms in total. The van der Waals surface area contributed by atoms with Gasteiger partial charge in [-0.15, -0.1) is 0 Å². The van der Waals surface area contributed by atoms with Crippen molar-refractivity contribution in [2.75, 3.05) is 19.1 Å². The van der Waals surface area contributed by atoms with E-state index < -0.39 is 12.0 Å². The zero-order valence-electron chi connectivity index (χ0n) is 16.7. The molecule has 1 aliphatic rings. The van der Waals surface area contributed by atoms with Crippen LogP contribution in [0.3, 0.4) is 0 Å². The van der Waals surface area contributed by atoms with E-state index >= 15 is 0 Å². The Balaban J connectivity index is 1.89. The predicted molar refractivity (Wildman–Crippen MR) is 115 cm³/mol. The molecule has 0 N–H and O–H groups in total. The van der Waals surface area contributed by atoms with Crippen molar-refractivity contribution in [3.63, 3.8) is 0 Å². The summed E-state index contributed by atoms with van der Waals surface area (Å²) in [5.74, 6) is -0.0450. The summed E-state index contributed by atoms with van der Waals surface area (Å²) in [5.41, 5.74) is 3.02. The first-order valence-corrected chi connectivity index (χ1v) is 9.56. The average Bonchev–Trinajstić information content (AvgIpc) is 2.81. The minimum atomic E-state index is -0.528. The molecule has 30 heavy (non-hydrogen) atoms. The number of β-lactam (4-membered cyclic amide) rings is 1. The van der Waals surface area contributed by atoms with Gasteiger partial charge in [0.25, 0.3) is 5.91 Å². The fraction of sp³-hybridized carbons (Fsp3) is 0.120. The van der Waals surface area contributed by atoms with Crippen molar-refractivity contribution in [1.82, 2.24) is 0 Å². The number of hydrogen-bond acceptors (Lipinski definition) is 4. The molecule has 1 aliphatic heterocycles. The van der Waals surface area contributed by atoms with Crippen molar-refractivity contribution in [1.29, 1.82) is 0 Å². The Morgan fingerprint density at radius 2 is 1.43 bits per heavy atom. The van der Waals surface area contributed by atoms with Crippen LogP contribution >= 0.6 is 0 Å². The summed E-state index contributed by atoms with van der Waals surface area (Å²) in [6.07, 6.45) is 0. The van der Waals surface area contributed by atoms with E-state index in [1.165, 1.54) is 7.11 Å². The van der Waals surface area contributed by atoms with E-state index in [0.717, 1.165) is 11.3 Å². The number of anilines is 1. The number of amides is 1. The van der Waals surface area contributed by atoms with E-state index in [2.05, 4.69) is 0 Å². The highest BCUT2D eigenvalue weighted by Gasteiger charge is 2.47. The summed E-state index contributed by atoms with van der Waals surface area (Å²) in [4.78, 5) is 27.8. The Labute approximate surface area is 175 Å². The SMILES string of the molecule is COC(=O)/C(=C1/C(=O)N(c2ccc(OC)cc2)C1c1ccccc1)c1ccccc1. The fourth-order valence-electron chi connectivity index (χ4n) is 3.72. The van der Waals surface area contributed by atoms with Crippen molar-refractivity contribution >= 4 is 23.1 Å². The maximum absolute atomic E-state index is 13.4. The summed E-state index contributed by atoms with van der Waals surface area (Å²) in [6, 6.07) is 25.7. The van der Waals surface area contributed by atoms with Gasteiger partial charge in [0.2, 0.25) is 0 Å². The van der Waals surface area contributed by atoms with E-state index in [1.54, 1.807) is 12.0 Å². The molecular weight excluding hydrogens is 378 g/mol. The molecule has 1 atom stereocenters. The van der Waals surface area contributed by atoms with Gasteiger partial charge in [-0.05, 0) is 35.4 Å². The Hall–Kier alpha value is -3.86. The van der Waals surface area contributed by atoms with Crippen LogP contribution in [0.5, 0.6) is 5.75 Å². The largest absolute Gasteiger partial charge is 0.497 e. The van der Waals surface area contributed by atoms with Gasteiger partial charge in [-0.25, -0.2) is 4.79 Å². The normalized spacial score (nSPS) is 17.2. The van der Waals surface area contributed by atoms with Gasteiger partial charge in [-0.2, -0.15) is 0 Å². The van der Waals surface area contributed by atoms with Gasteiger partial charge in [-0.3, -0.25) is 9.69 Å². The van der Waals surface area contributed by atoms with Crippen LogP contribution in [0.15, 0.2) is 90.5 Å². The first kappa shape index (κ1) is 19.5. The zero-order chi connectivity index (χ0) is 21.1. The highest BCUT2D eigenvalue weighted by molar-refractivity contribution is 6.30. The molecular formula is C25H21NO4. The van der Waals surface area contributed by atoms with Crippen molar-refractivity contribution in [2.24, 2.45) is 0 Å². The van der Waals surface area contributed by atoms with Crippen LogP contribution in [0.25, 0.3) is 5.57 Å². The number of benzene rings is 3. The first-order valence-electron chi connectivity index (χ1n) is 9.56. The Morgan fingerprint density at radius 1 is 0.833 bits per heavy atom. The Kier molecular flexibility index (Phi) is 5.35. The number of hydrogen-bond donors (Lipinski definition) is 0. The van der Waals surface area contributed by atoms with Crippen LogP contribution in [0.2, 0.25) is 0 Å². The molecule has 3 aromatic carbocycles. The number of carbonyl (C=O) groups is 2. The lowest BCUT2D eigenvalue weighted by Gasteiger charge is -2.44. The molecule has 3 aromatic rings. The molecule has 1 saturated heterocycles. The van der Waals surface area contributed by atoms with Crippen LogP contribution < -0.4 is 9.64 Å². The second kappa shape index (κ2) is 8.25. The maximum Gasteiger partial charge on any atom is 0.339 e. The topological polar surface area (TPSA) is 55.8 Å². The van der Waals surface area contributed by atoms with Gasteiger partial charge < -0.3 is 9.47 Å². The summed E-state index contributed by atoms with van der Waals surface area (Å²) < 4.78 is 10.3. The highest BCUT2D eigenvalue weighted by Crippen LogP contribution is 2.46. The third kappa shape index (κ3) is 3.35. The lowest BCUT2D eigenvalue weighted by Crippen LogP contribution is -2.50. The first-order chi connectivity index (χ1) is 14.7. The molecule has 1 unspecified atom stereocenters. The van der Waals surface area contributed by atoms with Gasteiger partial charge in [0.15, 0.2) is 0 Å². The number of nitrogens with zero attached hydrogens (tertiary/aromatic N) is 1. The van der Waals surface area contributed by atoms with E-state index in [0.29, 0.717) is 22.5 Å². The Bertz CT molecular complexity index is 1090. The number of rotatable bonds is 5. The second-order valence-corrected chi connectivity index (χ2v) is 6.83. The number of methoxy groups -OCH3 is 2. The number of esters is 1. The molecule has 4 rings (SSSR count). The standard InChI is InChI=1S/C25H21NO4/c1-29-20-15-13-19(14-16-20)26-23(18-11-7-4-8-12-18)22(24(26)27)21(25(28)30-2)17-9-5-3-6-10-17/h3-16,23H,1-2H3/b22-21+. The van der Waals surface area contributed by atoms with Crippen molar-refractivity contribution in [3.8, 4) is 5.75 Å². The van der Waals surface area contributed by atoms with Crippen molar-refractivity contribution in [2.45, 2.75) is 6.04 Å². The molecule has 1 fully saturated rings. The molecule has 1 amide bonds. The molecule has 0 radical (unpaired) electrons. The molecule has 0 aliphatic carbocycles. The Morgan fingerprint density at radius 3 is 2.00 bits per heavy atom. The molecule has 150 valence electrons. The van der Waals surface area contributed by atoms with E-state index in [-0.39, 0.29) is 5.91 Å². The monoisotopic (exact) mass is 399 g/mol. The third-order valence-corrected chi connectivity index (χ3v) is 5.17. The average molecular weight is 399 g/mol. The lowest BCUT2D eigenvalue weighted by atomic mass is 9.82.